The summed E-state index contributed by atoms with van der Waals surface area (Å²) in [5.74, 6) is -0.141. The number of nitrogens with zero attached hydrogens (tertiary/aromatic N) is 1. The highest BCUT2D eigenvalue weighted by atomic mass is 16.5. The lowest BCUT2D eigenvalue weighted by Crippen LogP contribution is -2.47. The molecule has 2 aromatic rings. The first-order valence-corrected chi connectivity index (χ1v) is 8.20. The van der Waals surface area contributed by atoms with Crippen LogP contribution in [-0.2, 0) is 4.79 Å². The first-order valence-electron chi connectivity index (χ1n) is 8.20. The van der Waals surface area contributed by atoms with Crippen LogP contribution >= 0.6 is 0 Å². The van der Waals surface area contributed by atoms with E-state index in [1.165, 1.54) is 0 Å². The third-order valence-corrected chi connectivity index (χ3v) is 3.85. The molecule has 0 heterocycles. The van der Waals surface area contributed by atoms with Crippen LogP contribution in [0.1, 0.15) is 29.8 Å². The van der Waals surface area contributed by atoms with Crippen LogP contribution < -0.4 is 15.4 Å². The Balaban J connectivity index is 2.10. The standard InChI is InChI=1S/C20H21N3O3/c1-13(2)18(20(25)22-16-6-4-5-14(11-16)12-21)23-19(24)15-7-9-17(26-3)10-8-15/h4-11,13,18H,1-3H3,(H,22,25)(H,23,24)/t18-/m0/s1. The maximum absolute atomic E-state index is 12.6. The van der Waals surface area contributed by atoms with Gasteiger partial charge in [-0.2, -0.15) is 5.26 Å². The molecule has 0 aliphatic heterocycles. The van der Waals surface area contributed by atoms with Gasteiger partial charge in [0, 0.05) is 11.3 Å². The Bertz CT molecular complexity index is 823. The van der Waals surface area contributed by atoms with E-state index in [1.54, 1.807) is 55.6 Å². The average molecular weight is 351 g/mol. The normalized spacial score (nSPS) is 11.3. The molecule has 0 fully saturated rings. The van der Waals surface area contributed by atoms with Crippen molar-refractivity contribution in [2.45, 2.75) is 19.9 Å². The lowest BCUT2D eigenvalue weighted by molar-refractivity contribution is -0.118. The van der Waals surface area contributed by atoms with Crippen LogP contribution in [0.4, 0.5) is 5.69 Å². The second kappa shape index (κ2) is 8.67. The van der Waals surface area contributed by atoms with E-state index in [2.05, 4.69) is 10.6 Å². The molecule has 134 valence electrons. The predicted molar refractivity (Wildman–Crippen MR) is 98.9 cm³/mol. The van der Waals surface area contributed by atoms with E-state index in [-0.39, 0.29) is 17.7 Å². The number of rotatable bonds is 6. The van der Waals surface area contributed by atoms with Crippen molar-refractivity contribution >= 4 is 17.5 Å². The van der Waals surface area contributed by atoms with Gasteiger partial charge in [0.1, 0.15) is 11.8 Å². The molecule has 0 bridgehead atoms. The zero-order chi connectivity index (χ0) is 19.1. The van der Waals surface area contributed by atoms with Crippen molar-refractivity contribution in [1.82, 2.24) is 5.32 Å². The largest absolute Gasteiger partial charge is 0.497 e. The fourth-order valence-corrected chi connectivity index (χ4v) is 2.39. The quantitative estimate of drug-likeness (QED) is 0.837. The van der Waals surface area contributed by atoms with Gasteiger partial charge in [0.15, 0.2) is 0 Å². The number of hydrogen-bond donors (Lipinski definition) is 2. The van der Waals surface area contributed by atoms with Gasteiger partial charge in [0.2, 0.25) is 5.91 Å². The van der Waals surface area contributed by atoms with Crippen LogP contribution in [0.3, 0.4) is 0 Å². The molecule has 0 spiro atoms. The van der Waals surface area contributed by atoms with Crippen molar-refractivity contribution in [2.24, 2.45) is 5.92 Å². The number of nitriles is 1. The third kappa shape index (κ3) is 4.84. The summed E-state index contributed by atoms with van der Waals surface area (Å²) >= 11 is 0. The second-order valence-electron chi connectivity index (χ2n) is 6.11. The van der Waals surface area contributed by atoms with Crippen molar-refractivity contribution < 1.29 is 14.3 Å². The fraction of sp³-hybridized carbons (Fsp3) is 0.250. The maximum atomic E-state index is 12.6. The molecule has 0 aromatic heterocycles. The van der Waals surface area contributed by atoms with Crippen molar-refractivity contribution in [2.75, 3.05) is 12.4 Å². The van der Waals surface area contributed by atoms with Gasteiger partial charge in [-0.3, -0.25) is 9.59 Å². The Morgan fingerprint density at radius 1 is 1.12 bits per heavy atom. The molecule has 0 radical (unpaired) electrons. The van der Waals surface area contributed by atoms with Gasteiger partial charge >= 0.3 is 0 Å². The van der Waals surface area contributed by atoms with Gasteiger partial charge in [-0.1, -0.05) is 19.9 Å². The van der Waals surface area contributed by atoms with Crippen molar-refractivity contribution in [1.29, 1.82) is 5.26 Å². The SMILES string of the molecule is COc1ccc(C(=O)N[C@H](C(=O)Nc2cccc(C#N)c2)C(C)C)cc1. The molecule has 1 atom stereocenters. The fourth-order valence-electron chi connectivity index (χ4n) is 2.39. The summed E-state index contributed by atoms with van der Waals surface area (Å²) in [6.07, 6.45) is 0. The minimum Gasteiger partial charge on any atom is -0.497 e. The van der Waals surface area contributed by atoms with Crippen molar-refractivity contribution in [3.05, 3.63) is 59.7 Å². The van der Waals surface area contributed by atoms with Gasteiger partial charge in [-0.25, -0.2) is 0 Å². The lowest BCUT2D eigenvalue weighted by Gasteiger charge is -2.22. The summed E-state index contributed by atoms with van der Waals surface area (Å²) in [6, 6.07) is 14.6. The van der Waals surface area contributed by atoms with Gasteiger partial charge < -0.3 is 15.4 Å². The number of benzene rings is 2. The molecule has 0 unspecified atom stereocenters. The molecule has 6 heteroatoms. The summed E-state index contributed by atoms with van der Waals surface area (Å²) in [7, 11) is 1.55. The second-order valence-corrected chi connectivity index (χ2v) is 6.11. The molecule has 2 N–H and O–H groups in total. The van der Waals surface area contributed by atoms with Gasteiger partial charge in [-0.05, 0) is 48.4 Å². The number of anilines is 1. The van der Waals surface area contributed by atoms with E-state index in [0.717, 1.165) is 0 Å². The first-order chi connectivity index (χ1) is 12.4. The molecule has 6 nitrogen and oxygen atoms in total. The molecule has 0 aliphatic rings. The molecule has 0 aliphatic carbocycles. The topological polar surface area (TPSA) is 91.2 Å². The number of methoxy groups -OCH3 is 1. The van der Waals surface area contributed by atoms with Crippen LogP contribution in [0.25, 0.3) is 0 Å². The lowest BCUT2D eigenvalue weighted by atomic mass is 10.0. The smallest absolute Gasteiger partial charge is 0.251 e. The molecule has 2 aromatic carbocycles. The van der Waals surface area contributed by atoms with Gasteiger partial charge in [0.25, 0.3) is 5.91 Å². The Kier molecular flexibility index (Phi) is 6.34. The summed E-state index contributed by atoms with van der Waals surface area (Å²) < 4.78 is 5.07. The van der Waals surface area contributed by atoms with Gasteiger partial charge in [-0.15, -0.1) is 0 Å². The van der Waals surface area contributed by atoms with Crippen molar-refractivity contribution in [3.63, 3.8) is 0 Å². The Labute approximate surface area is 152 Å². The summed E-state index contributed by atoms with van der Waals surface area (Å²) in [5, 5.41) is 14.5. The average Bonchev–Trinajstić information content (AvgIpc) is 2.65. The predicted octanol–water partition coefficient (Wildman–Crippen LogP) is 2.96. The minimum atomic E-state index is -0.713. The van der Waals surface area contributed by atoms with E-state index in [1.807, 2.05) is 19.9 Å². The Morgan fingerprint density at radius 2 is 1.81 bits per heavy atom. The highest BCUT2D eigenvalue weighted by Gasteiger charge is 2.24. The molecular formula is C20H21N3O3. The minimum absolute atomic E-state index is 0.114. The van der Waals surface area contributed by atoms with E-state index >= 15 is 0 Å². The highest BCUT2D eigenvalue weighted by Crippen LogP contribution is 2.14. The zero-order valence-corrected chi connectivity index (χ0v) is 14.9. The molecule has 26 heavy (non-hydrogen) atoms. The first kappa shape index (κ1) is 19.0. The van der Waals surface area contributed by atoms with Crippen LogP contribution in [-0.4, -0.2) is 25.0 Å². The molecule has 0 saturated heterocycles. The zero-order valence-electron chi connectivity index (χ0n) is 14.9. The third-order valence-electron chi connectivity index (χ3n) is 3.85. The number of carbonyl (C=O) groups is 2. The summed E-state index contributed by atoms with van der Waals surface area (Å²) in [6.45, 7) is 3.70. The Hall–Kier alpha value is -3.33. The number of amides is 2. The molecule has 2 amide bonds. The molecular weight excluding hydrogens is 330 g/mol. The van der Waals surface area contributed by atoms with E-state index in [4.69, 9.17) is 10.00 Å². The number of carbonyl (C=O) groups excluding carboxylic acids is 2. The number of hydrogen-bond acceptors (Lipinski definition) is 4. The van der Waals surface area contributed by atoms with Crippen LogP contribution in [0.5, 0.6) is 5.75 Å². The number of nitrogens with one attached hydrogen (secondary N) is 2. The van der Waals surface area contributed by atoms with E-state index < -0.39 is 6.04 Å². The monoisotopic (exact) mass is 351 g/mol. The summed E-state index contributed by atoms with van der Waals surface area (Å²) in [4.78, 5) is 25.0. The molecule has 0 saturated carbocycles. The maximum Gasteiger partial charge on any atom is 0.251 e. The van der Waals surface area contributed by atoms with Crippen LogP contribution in [0, 0.1) is 17.2 Å². The van der Waals surface area contributed by atoms with Crippen LogP contribution in [0.15, 0.2) is 48.5 Å². The summed E-state index contributed by atoms with van der Waals surface area (Å²) in [5.41, 5.74) is 1.40. The van der Waals surface area contributed by atoms with E-state index in [9.17, 15) is 9.59 Å². The highest BCUT2D eigenvalue weighted by molar-refractivity contribution is 6.01. The number of ether oxygens (including phenoxy) is 1. The van der Waals surface area contributed by atoms with Gasteiger partial charge in [0.05, 0.1) is 18.7 Å². The van der Waals surface area contributed by atoms with E-state index in [0.29, 0.717) is 22.6 Å². The van der Waals surface area contributed by atoms with Crippen molar-refractivity contribution in [3.8, 4) is 11.8 Å². The Morgan fingerprint density at radius 3 is 2.38 bits per heavy atom. The molecule has 2 rings (SSSR count). The van der Waals surface area contributed by atoms with Crippen LogP contribution in [0.2, 0.25) is 0 Å².